The normalized spacial score (nSPS) is 14.2. The van der Waals surface area contributed by atoms with Gasteiger partial charge in [0.15, 0.2) is 0 Å². The molecule has 0 aliphatic heterocycles. The van der Waals surface area contributed by atoms with Crippen molar-refractivity contribution in [2.45, 2.75) is 57.9 Å². The summed E-state index contributed by atoms with van der Waals surface area (Å²) in [6.45, 7) is 3.94. The predicted octanol–water partition coefficient (Wildman–Crippen LogP) is 4.89. The van der Waals surface area contributed by atoms with Crippen molar-refractivity contribution in [3.8, 4) is 23.1 Å². The second-order valence-electron chi connectivity index (χ2n) is 9.72. The van der Waals surface area contributed by atoms with Gasteiger partial charge in [0.2, 0.25) is 0 Å². The molecule has 1 aliphatic rings. The van der Waals surface area contributed by atoms with Crippen molar-refractivity contribution in [1.82, 2.24) is 19.6 Å². The molecule has 1 fully saturated rings. The highest BCUT2D eigenvalue weighted by Gasteiger charge is 2.28. The van der Waals surface area contributed by atoms with Crippen LogP contribution in [0, 0.1) is 11.3 Å². The summed E-state index contributed by atoms with van der Waals surface area (Å²) in [5, 5.41) is 31.7. The number of fused-ring (bicyclic) bond motifs is 1. The maximum absolute atomic E-state index is 12.0. The van der Waals surface area contributed by atoms with Gasteiger partial charge in [0.05, 0.1) is 35.6 Å². The lowest BCUT2D eigenvalue weighted by atomic mass is 9.92. The maximum Gasteiger partial charge on any atom is 0.411 e. The molecule has 2 heterocycles. The number of carbonyl (C=O) groups excluding carboxylic acids is 1. The van der Waals surface area contributed by atoms with Crippen LogP contribution in [0.1, 0.15) is 44.7 Å². The van der Waals surface area contributed by atoms with Crippen LogP contribution in [0.5, 0.6) is 5.75 Å². The van der Waals surface area contributed by atoms with E-state index in [2.05, 4.69) is 26.3 Å². The molecule has 0 radical (unpaired) electrons. The first-order valence-electron chi connectivity index (χ1n) is 12.7. The third-order valence-electron chi connectivity index (χ3n) is 6.59. The lowest BCUT2D eigenvalue weighted by Gasteiger charge is -2.30. The summed E-state index contributed by atoms with van der Waals surface area (Å²) in [5.41, 5.74) is 3.90. The Labute approximate surface area is 220 Å². The fourth-order valence-electron chi connectivity index (χ4n) is 4.67. The molecule has 10 heteroatoms. The molecule has 1 aliphatic carbocycles. The Morgan fingerprint density at radius 3 is 2.66 bits per heavy atom. The fraction of sp³-hybridized carbons (Fsp3) is 0.357. The average Bonchev–Trinajstić information content (AvgIpc) is 3.47. The molecule has 1 amide bonds. The molecule has 0 bridgehead atoms. The van der Waals surface area contributed by atoms with E-state index in [1.807, 2.05) is 42.5 Å². The molecule has 5 rings (SSSR count). The summed E-state index contributed by atoms with van der Waals surface area (Å²) in [6.07, 6.45) is 5.01. The minimum absolute atomic E-state index is 0.0805. The zero-order chi connectivity index (χ0) is 26.6. The van der Waals surface area contributed by atoms with Crippen LogP contribution in [-0.4, -0.2) is 49.6 Å². The summed E-state index contributed by atoms with van der Waals surface area (Å²) in [5.74, 6) is 0.576. The number of nitriles is 1. The van der Waals surface area contributed by atoms with Gasteiger partial charge in [-0.25, -0.2) is 9.48 Å². The van der Waals surface area contributed by atoms with Gasteiger partial charge >= 0.3 is 6.09 Å². The minimum Gasteiger partial charge on any atom is -0.491 e. The summed E-state index contributed by atoms with van der Waals surface area (Å²) >= 11 is 0. The van der Waals surface area contributed by atoms with Crippen molar-refractivity contribution < 1.29 is 19.4 Å². The van der Waals surface area contributed by atoms with Crippen LogP contribution in [0.15, 0.2) is 54.9 Å². The third kappa shape index (κ3) is 5.33. The lowest BCUT2D eigenvalue weighted by Crippen LogP contribution is -2.23. The first-order valence-corrected chi connectivity index (χ1v) is 12.7. The molecule has 2 aromatic carbocycles. The molecule has 0 saturated heterocycles. The van der Waals surface area contributed by atoms with Crippen molar-refractivity contribution in [3.63, 3.8) is 0 Å². The summed E-state index contributed by atoms with van der Waals surface area (Å²) < 4.78 is 14.8. The fourth-order valence-corrected chi connectivity index (χ4v) is 4.67. The number of anilines is 1. The smallest absolute Gasteiger partial charge is 0.411 e. The van der Waals surface area contributed by atoms with Crippen LogP contribution in [0.25, 0.3) is 22.2 Å². The van der Waals surface area contributed by atoms with Gasteiger partial charge in [-0.15, -0.1) is 5.10 Å². The van der Waals surface area contributed by atoms with E-state index in [-0.39, 0.29) is 19.3 Å². The Bertz CT molecular complexity index is 1450. The topological polar surface area (TPSA) is 127 Å². The van der Waals surface area contributed by atoms with E-state index in [0.717, 1.165) is 41.4 Å². The van der Waals surface area contributed by atoms with Crippen LogP contribution in [0.2, 0.25) is 0 Å². The number of amides is 1. The monoisotopic (exact) mass is 514 g/mol. The number of hydrogen-bond acceptors (Lipinski definition) is 7. The highest BCUT2D eigenvalue weighted by Crippen LogP contribution is 2.43. The van der Waals surface area contributed by atoms with E-state index in [4.69, 9.17) is 9.47 Å². The zero-order valence-electron chi connectivity index (χ0n) is 21.4. The van der Waals surface area contributed by atoms with Gasteiger partial charge < -0.3 is 19.1 Å². The molecular formula is C28H30N6O4. The molecular weight excluding hydrogens is 484 g/mol. The highest BCUT2D eigenvalue weighted by atomic mass is 16.6. The predicted molar refractivity (Wildman–Crippen MR) is 142 cm³/mol. The first kappa shape index (κ1) is 25.3. The van der Waals surface area contributed by atoms with Crippen molar-refractivity contribution in [1.29, 1.82) is 5.26 Å². The van der Waals surface area contributed by atoms with Gasteiger partial charge in [-0.3, -0.25) is 5.32 Å². The van der Waals surface area contributed by atoms with E-state index >= 15 is 0 Å². The van der Waals surface area contributed by atoms with Crippen molar-refractivity contribution in [2.75, 3.05) is 11.9 Å². The van der Waals surface area contributed by atoms with E-state index in [9.17, 15) is 15.2 Å². The molecule has 0 spiro atoms. The van der Waals surface area contributed by atoms with Crippen molar-refractivity contribution in [2.24, 2.45) is 0 Å². The van der Waals surface area contributed by atoms with E-state index < -0.39 is 12.2 Å². The molecule has 1 unspecified atom stereocenters. The Morgan fingerprint density at radius 1 is 1.24 bits per heavy atom. The highest BCUT2D eigenvalue weighted by molar-refractivity contribution is 5.96. The Morgan fingerprint density at radius 2 is 2.03 bits per heavy atom. The van der Waals surface area contributed by atoms with Gasteiger partial charge in [-0.05, 0) is 69.0 Å². The maximum atomic E-state index is 12.0. The number of benzene rings is 2. The molecule has 4 aromatic rings. The second-order valence-corrected chi connectivity index (χ2v) is 9.72. The van der Waals surface area contributed by atoms with Crippen molar-refractivity contribution in [3.05, 3.63) is 60.4 Å². The van der Waals surface area contributed by atoms with Gasteiger partial charge in [-0.1, -0.05) is 17.3 Å². The number of aliphatic hydroxyl groups excluding tert-OH is 1. The van der Waals surface area contributed by atoms with Gasteiger partial charge in [0, 0.05) is 23.3 Å². The number of nitrogens with one attached hydrogen (secondary N) is 1. The number of aliphatic hydroxyl groups is 1. The minimum atomic E-state index is -0.761. The SMILES string of the molecule is CC(C)OC(=O)Nc1ccc(-c2c(C#N)c3cc(OCC(O)Cn4ccnn4)ccc3n2C2CCC2)cc1. The first-order chi connectivity index (χ1) is 18.4. The molecule has 10 nitrogen and oxygen atoms in total. The molecule has 1 atom stereocenters. The lowest BCUT2D eigenvalue weighted by molar-refractivity contribution is 0.0889. The van der Waals surface area contributed by atoms with Gasteiger partial charge in [0.1, 0.15) is 24.5 Å². The molecule has 2 N–H and O–H groups in total. The van der Waals surface area contributed by atoms with E-state index in [0.29, 0.717) is 23.0 Å². The number of hydrogen-bond donors (Lipinski definition) is 2. The number of carbonyl (C=O) groups is 1. The Hall–Kier alpha value is -4.36. The number of rotatable bonds is 9. The summed E-state index contributed by atoms with van der Waals surface area (Å²) in [6, 6.07) is 15.9. The molecule has 38 heavy (non-hydrogen) atoms. The standard InChI is InChI=1S/C28H30N6O4/c1-18(2)38-28(36)31-20-8-6-19(7-9-20)27-25(15-29)24-14-23(10-11-26(24)34(27)21-4-3-5-21)37-17-22(35)16-33-13-12-30-32-33/h6-14,18,21-22,35H,3-5,16-17H2,1-2H3,(H,31,36). The van der Waals surface area contributed by atoms with E-state index in [1.165, 1.54) is 0 Å². The number of ether oxygens (including phenoxy) is 2. The van der Waals surface area contributed by atoms with Crippen LogP contribution >= 0.6 is 0 Å². The average molecular weight is 515 g/mol. The second kappa shape index (κ2) is 10.9. The van der Waals surface area contributed by atoms with Crippen LogP contribution in [0.4, 0.5) is 10.5 Å². The number of nitrogens with zero attached hydrogens (tertiary/aromatic N) is 5. The Kier molecular flexibility index (Phi) is 7.29. The Balaban J connectivity index is 1.43. The van der Waals surface area contributed by atoms with E-state index in [1.54, 1.807) is 30.9 Å². The van der Waals surface area contributed by atoms with Gasteiger partial charge in [0.25, 0.3) is 0 Å². The zero-order valence-corrected chi connectivity index (χ0v) is 21.4. The summed E-state index contributed by atoms with van der Waals surface area (Å²) in [7, 11) is 0. The van der Waals surface area contributed by atoms with Crippen molar-refractivity contribution >= 4 is 22.7 Å². The van der Waals surface area contributed by atoms with Crippen LogP contribution in [-0.2, 0) is 11.3 Å². The molecule has 196 valence electrons. The van der Waals surface area contributed by atoms with Gasteiger partial charge in [-0.2, -0.15) is 5.26 Å². The van der Waals surface area contributed by atoms with Crippen LogP contribution < -0.4 is 10.1 Å². The van der Waals surface area contributed by atoms with Crippen LogP contribution in [0.3, 0.4) is 0 Å². The third-order valence-corrected chi connectivity index (χ3v) is 6.59. The molecule has 2 aromatic heterocycles. The number of aromatic nitrogens is 4. The summed E-state index contributed by atoms with van der Waals surface area (Å²) in [4.78, 5) is 12.0. The quantitative estimate of drug-likeness (QED) is 0.325. The largest absolute Gasteiger partial charge is 0.491 e. The molecule has 1 saturated carbocycles.